The van der Waals surface area contributed by atoms with Gasteiger partial charge in [0, 0.05) is 25.7 Å². The van der Waals surface area contributed by atoms with E-state index < -0.39 is 10.0 Å². The summed E-state index contributed by atoms with van der Waals surface area (Å²) < 4.78 is 27.0. The highest BCUT2D eigenvalue weighted by atomic mass is 35.5. The zero-order valence-electron chi connectivity index (χ0n) is 13.0. The van der Waals surface area contributed by atoms with Crippen molar-refractivity contribution in [2.75, 3.05) is 31.5 Å². The van der Waals surface area contributed by atoms with E-state index in [1.54, 1.807) is 28.6 Å². The first-order valence-corrected chi connectivity index (χ1v) is 8.99. The standard InChI is InChI=1S/C15H21N3O3S.ClH/c1-11(19)17-14-2-4-15(5-3-14)22(20,21)18-7-6-12-8-16-9-13(12)10-18;/h2-5,12-13,16H,6-10H2,1H3,(H,17,19);1H. The molecule has 1 aromatic carbocycles. The van der Waals surface area contributed by atoms with Gasteiger partial charge in [-0.1, -0.05) is 0 Å². The highest BCUT2D eigenvalue weighted by molar-refractivity contribution is 7.89. The van der Waals surface area contributed by atoms with Crippen molar-refractivity contribution in [2.45, 2.75) is 18.2 Å². The molecule has 1 aromatic rings. The Labute approximate surface area is 143 Å². The van der Waals surface area contributed by atoms with E-state index in [0.29, 0.717) is 30.6 Å². The number of benzene rings is 1. The molecular formula is C15H22ClN3O3S. The maximum atomic E-state index is 12.7. The molecule has 2 N–H and O–H groups in total. The number of nitrogens with one attached hydrogen (secondary N) is 2. The van der Waals surface area contributed by atoms with Crippen LogP contribution in [-0.2, 0) is 14.8 Å². The summed E-state index contributed by atoms with van der Waals surface area (Å²) in [4.78, 5) is 11.3. The van der Waals surface area contributed by atoms with Gasteiger partial charge in [-0.15, -0.1) is 12.4 Å². The van der Waals surface area contributed by atoms with Gasteiger partial charge in [-0.25, -0.2) is 8.42 Å². The third-order valence-corrected chi connectivity index (χ3v) is 6.36. The van der Waals surface area contributed by atoms with Gasteiger partial charge < -0.3 is 10.6 Å². The zero-order valence-corrected chi connectivity index (χ0v) is 14.6. The first kappa shape index (κ1) is 18.2. The Balaban J connectivity index is 0.00000192. The third kappa shape index (κ3) is 3.85. The summed E-state index contributed by atoms with van der Waals surface area (Å²) in [6, 6.07) is 6.36. The van der Waals surface area contributed by atoms with E-state index in [9.17, 15) is 13.2 Å². The van der Waals surface area contributed by atoms with Crippen LogP contribution in [0.3, 0.4) is 0 Å². The number of carbonyl (C=O) groups is 1. The van der Waals surface area contributed by atoms with Crippen LogP contribution in [0.25, 0.3) is 0 Å². The molecule has 2 aliphatic rings. The Morgan fingerprint density at radius 2 is 1.87 bits per heavy atom. The number of hydrogen-bond acceptors (Lipinski definition) is 4. The molecule has 0 bridgehead atoms. The van der Waals surface area contributed by atoms with Crippen molar-refractivity contribution in [3.63, 3.8) is 0 Å². The van der Waals surface area contributed by atoms with Crippen molar-refractivity contribution in [2.24, 2.45) is 11.8 Å². The van der Waals surface area contributed by atoms with Crippen molar-refractivity contribution in [1.82, 2.24) is 9.62 Å². The Hall–Kier alpha value is -1.15. The van der Waals surface area contributed by atoms with Crippen LogP contribution in [0.15, 0.2) is 29.2 Å². The van der Waals surface area contributed by atoms with Gasteiger partial charge in [0.15, 0.2) is 0 Å². The highest BCUT2D eigenvalue weighted by Gasteiger charge is 2.37. The van der Waals surface area contributed by atoms with Gasteiger partial charge in [-0.3, -0.25) is 4.79 Å². The molecular weight excluding hydrogens is 338 g/mol. The summed E-state index contributed by atoms with van der Waals surface area (Å²) in [7, 11) is -3.45. The summed E-state index contributed by atoms with van der Waals surface area (Å²) >= 11 is 0. The predicted octanol–water partition coefficient (Wildman–Crippen LogP) is 1.30. The normalized spacial score (nSPS) is 24.6. The lowest BCUT2D eigenvalue weighted by Crippen LogP contribution is -2.43. The molecule has 0 saturated carbocycles. The SMILES string of the molecule is CC(=O)Nc1ccc(S(=O)(=O)N2CCC3CNCC3C2)cc1.Cl. The summed E-state index contributed by atoms with van der Waals surface area (Å²) in [5.41, 5.74) is 0.602. The lowest BCUT2D eigenvalue weighted by atomic mass is 9.90. The van der Waals surface area contributed by atoms with Crippen LogP contribution in [0.4, 0.5) is 5.69 Å². The molecule has 0 aliphatic carbocycles. The van der Waals surface area contributed by atoms with E-state index in [1.165, 1.54) is 6.92 Å². The molecule has 1 amide bonds. The van der Waals surface area contributed by atoms with Gasteiger partial charge in [0.05, 0.1) is 4.90 Å². The van der Waals surface area contributed by atoms with Crippen LogP contribution in [0, 0.1) is 11.8 Å². The van der Waals surface area contributed by atoms with Gasteiger partial charge in [0.25, 0.3) is 0 Å². The Morgan fingerprint density at radius 3 is 2.52 bits per heavy atom. The van der Waals surface area contributed by atoms with Crippen LogP contribution in [0.1, 0.15) is 13.3 Å². The molecule has 2 saturated heterocycles. The molecule has 2 aliphatic heterocycles. The topological polar surface area (TPSA) is 78.5 Å². The predicted molar refractivity (Wildman–Crippen MR) is 91.2 cm³/mol. The number of fused-ring (bicyclic) bond motifs is 1. The smallest absolute Gasteiger partial charge is 0.243 e. The second-order valence-electron chi connectivity index (χ2n) is 6.04. The van der Waals surface area contributed by atoms with Gasteiger partial charge >= 0.3 is 0 Å². The fourth-order valence-corrected chi connectivity index (χ4v) is 4.79. The van der Waals surface area contributed by atoms with Crippen molar-refractivity contribution in [3.8, 4) is 0 Å². The molecule has 2 fully saturated rings. The van der Waals surface area contributed by atoms with Crippen molar-refractivity contribution < 1.29 is 13.2 Å². The number of halogens is 1. The molecule has 23 heavy (non-hydrogen) atoms. The van der Waals surface area contributed by atoms with E-state index in [0.717, 1.165) is 19.5 Å². The van der Waals surface area contributed by atoms with E-state index in [-0.39, 0.29) is 23.2 Å². The van der Waals surface area contributed by atoms with Crippen molar-refractivity contribution in [1.29, 1.82) is 0 Å². The molecule has 3 rings (SSSR count). The number of carbonyl (C=O) groups excluding carboxylic acids is 1. The Bertz CT molecular complexity index is 663. The number of rotatable bonds is 3. The number of anilines is 1. The van der Waals surface area contributed by atoms with Crippen LogP contribution in [-0.4, -0.2) is 44.8 Å². The monoisotopic (exact) mass is 359 g/mol. The maximum absolute atomic E-state index is 12.7. The average Bonchev–Trinajstić information content (AvgIpc) is 2.94. The maximum Gasteiger partial charge on any atom is 0.243 e. The van der Waals surface area contributed by atoms with Crippen LogP contribution < -0.4 is 10.6 Å². The average molecular weight is 360 g/mol. The van der Waals surface area contributed by atoms with Gasteiger partial charge in [-0.2, -0.15) is 4.31 Å². The Morgan fingerprint density at radius 1 is 1.22 bits per heavy atom. The number of sulfonamides is 1. The number of nitrogens with zero attached hydrogens (tertiary/aromatic N) is 1. The highest BCUT2D eigenvalue weighted by Crippen LogP contribution is 2.30. The molecule has 0 aromatic heterocycles. The largest absolute Gasteiger partial charge is 0.326 e. The lowest BCUT2D eigenvalue weighted by Gasteiger charge is -2.33. The third-order valence-electron chi connectivity index (χ3n) is 4.48. The number of amides is 1. The fourth-order valence-electron chi connectivity index (χ4n) is 3.28. The van der Waals surface area contributed by atoms with Crippen LogP contribution in [0.2, 0.25) is 0 Å². The van der Waals surface area contributed by atoms with Gasteiger partial charge in [-0.05, 0) is 55.6 Å². The van der Waals surface area contributed by atoms with E-state index in [1.807, 2.05) is 0 Å². The summed E-state index contributed by atoms with van der Waals surface area (Å²) in [5.74, 6) is 0.849. The second-order valence-corrected chi connectivity index (χ2v) is 7.97. The summed E-state index contributed by atoms with van der Waals surface area (Å²) in [6.45, 7) is 4.50. The minimum absolute atomic E-state index is 0. The molecule has 0 spiro atoms. The van der Waals surface area contributed by atoms with E-state index >= 15 is 0 Å². The molecule has 128 valence electrons. The molecule has 0 radical (unpaired) electrons. The Kier molecular flexibility index (Phi) is 5.67. The van der Waals surface area contributed by atoms with Crippen LogP contribution >= 0.6 is 12.4 Å². The minimum Gasteiger partial charge on any atom is -0.326 e. The quantitative estimate of drug-likeness (QED) is 0.852. The van der Waals surface area contributed by atoms with E-state index in [2.05, 4.69) is 10.6 Å². The number of hydrogen-bond donors (Lipinski definition) is 2. The number of piperidine rings is 1. The van der Waals surface area contributed by atoms with Gasteiger partial charge in [0.1, 0.15) is 0 Å². The zero-order chi connectivity index (χ0) is 15.7. The minimum atomic E-state index is -3.45. The second kappa shape index (κ2) is 7.17. The lowest BCUT2D eigenvalue weighted by molar-refractivity contribution is -0.114. The molecule has 6 nitrogen and oxygen atoms in total. The fraction of sp³-hybridized carbons (Fsp3) is 0.533. The molecule has 2 heterocycles. The summed E-state index contributed by atoms with van der Waals surface area (Å²) in [6.07, 6.45) is 0.918. The first-order chi connectivity index (χ1) is 10.5. The molecule has 2 atom stereocenters. The summed E-state index contributed by atoms with van der Waals surface area (Å²) in [5, 5.41) is 5.98. The molecule has 2 unspecified atom stereocenters. The molecule has 8 heteroatoms. The van der Waals surface area contributed by atoms with Crippen molar-refractivity contribution >= 4 is 34.0 Å². The van der Waals surface area contributed by atoms with Crippen molar-refractivity contribution in [3.05, 3.63) is 24.3 Å². The van der Waals surface area contributed by atoms with Gasteiger partial charge in [0.2, 0.25) is 15.9 Å². The van der Waals surface area contributed by atoms with E-state index in [4.69, 9.17) is 0 Å². The van der Waals surface area contributed by atoms with Crippen LogP contribution in [0.5, 0.6) is 0 Å². The first-order valence-electron chi connectivity index (χ1n) is 7.55.